The quantitative estimate of drug-likeness (QED) is 0.889. The molecule has 0 bridgehead atoms. The monoisotopic (exact) mass is 321 g/mol. The molecule has 0 aliphatic heterocycles. The molecule has 1 aromatic rings. The van der Waals surface area contributed by atoms with Crippen molar-refractivity contribution >= 4 is 15.9 Å². The Balaban J connectivity index is 2.49. The van der Waals surface area contributed by atoms with Gasteiger partial charge in [0, 0.05) is 4.47 Å². The van der Waals surface area contributed by atoms with Crippen molar-refractivity contribution in [3.05, 3.63) is 34.3 Å². The van der Waals surface area contributed by atoms with E-state index < -0.39 is 11.0 Å². The van der Waals surface area contributed by atoms with Gasteiger partial charge in [-0.1, -0.05) is 54.2 Å². The Labute approximate surface area is 123 Å². The molecule has 2 nitrogen and oxygen atoms in total. The molecule has 0 saturated heterocycles. The van der Waals surface area contributed by atoms with Crippen molar-refractivity contribution in [2.24, 2.45) is 5.41 Å². The Hall–Kier alpha value is -0.850. The third-order valence-corrected chi connectivity index (χ3v) is 5.02. The second-order valence-corrected chi connectivity index (χ2v) is 6.39. The van der Waals surface area contributed by atoms with Gasteiger partial charge < -0.3 is 5.11 Å². The van der Waals surface area contributed by atoms with E-state index in [-0.39, 0.29) is 0 Å². The van der Waals surface area contributed by atoms with Crippen molar-refractivity contribution in [1.82, 2.24) is 0 Å². The van der Waals surface area contributed by atoms with Crippen LogP contribution in [0.2, 0.25) is 0 Å². The van der Waals surface area contributed by atoms with Gasteiger partial charge in [-0.05, 0) is 37.0 Å². The average molecular weight is 322 g/mol. The molecule has 1 aliphatic carbocycles. The van der Waals surface area contributed by atoms with Crippen molar-refractivity contribution in [1.29, 1.82) is 5.26 Å². The maximum Gasteiger partial charge on any atom is 0.108 e. The van der Waals surface area contributed by atoms with Gasteiger partial charge in [0.1, 0.15) is 5.60 Å². The zero-order valence-electron chi connectivity index (χ0n) is 11.3. The summed E-state index contributed by atoms with van der Waals surface area (Å²) in [5.74, 6) is 0. The van der Waals surface area contributed by atoms with E-state index in [0.29, 0.717) is 6.42 Å². The second-order valence-electron chi connectivity index (χ2n) is 5.48. The highest BCUT2D eigenvalue weighted by Gasteiger charge is 2.51. The maximum atomic E-state index is 11.2. The fourth-order valence-corrected chi connectivity index (χ4v) is 3.74. The van der Waals surface area contributed by atoms with Gasteiger partial charge in [-0.3, -0.25) is 0 Å². The van der Waals surface area contributed by atoms with Crippen LogP contribution < -0.4 is 0 Å². The Bertz CT molecular complexity index is 488. The number of hydrogen-bond donors (Lipinski definition) is 1. The molecule has 1 aliphatic rings. The number of benzene rings is 1. The van der Waals surface area contributed by atoms with Crippen LogP contribution in [0.3, 0.4) is 0 Å². The zero-order chi connectivity index (χ0) is 13.9. The summed E-state index contributed by atoms with van der Waals surface area (Å²) in [5, 5.41) is 21.0. The molecule has 1 N–H and O–H groups in total. The van der Waals surface area contributed by atoms with Gasteiger partial charge in [0.25, 0.3) is 0 Å². The highest BCUT2D eigenvalue weighted by atomic mass is 79.9. The van der Waals surface area contributed by atoms with Crippen LogP contribution >= 0.6 is 15.9 Å². The van der Waals surface area contributed by atoms with Crippen LogP contribution in [0, 0.1) is 16.7 Å². The van der Waals surface area contributed by atoms with Crippen LogP contribution in [0.4, 0.5) is 0 Å². The summed E-state index contributed by atoms with van der Waals surface area (Å²) < 4.78 is 0.945. The first-order valence-electron chi connectivity index (χ1n) is 6.98. The number of aliphatic hydroxyl groups is 1. The number of halogens is 1. The van der Waals surface area contributed by atoms with E-state index in [4.69, 9.17) is 0 Å². The van der Waals surface area contributed by atoms with E-state index in [1.807, 2.05) is 31.2 Å². The standard InChI is InChI=1S/C16H20BrNO/c1-2-16(19,13-7-6-8-14(17)11-13)15(12-18)9-4-3-5-10-15/h6-8,11,19H,2-5,9-10H2,1H3. The Morgan fingerprint density at radius 1 is 1.37 bits per heavy atom. The van der Waals surface area contributed by atoms with Crippen molar-refractivity contribution < 1.29 is 5.11 Å². The van der Waals surface area contributed by atoms with Crippen LogP contribution in [0.25, 0.3) is 0 Å². The van der Waals surface area contributed by atoms with Crippen LogP contribution in [0.15, 0.2) is 28.7 Å². The highest BCUT2D eigenvalue weighted by Crippen LogP contribution is 2.51. The first-order chi connectivity index (χ1) is 9.08. The summed E-state index contributed by atoms with van der Waals surface area (Å²) >= 11 is 3.45. The van der Waals surface area contributed by atoms with Crippen LogP contribution in [-0.4, -0.2) is 5.11 Å². The second kappa shape index (κ2) is 5.64. The third-order valence-electron chi connectivity index (χ3n) is 4.53. The van der Waals surface area contributed by atoms with Crippen LogP contribution in [0.1, 0.15) is 51.0 Å². The van der Waals surface area contributed by atoms with E-state index in [1.165, 1.54) is 6.42 Å². The molecular formula is C16H20BrNO. The lowest BCUT2D eigenvalue weighted by Crippen LogP contribution is -2.46. The summed E-state index contributed by atoms with van der Waals surface area (Å²) in [6, 6.07) is 10.2. The van der Waals surface area contributed by atoms with Gasteiger partial charge in [0.15, 0.2) is 0 Å². The molecule has 1 unspecified atom stereocenters. The van der Waals surface area contributed by atoms with Crippen LogP contribution in [0.5, 0.6) is 0 Å². The van der Waals surface area contributed by atoms with Crippen molar-refractivity contribution in [2.75, 3.05) is 0 Å². The molecule has 0 aromatic heterocycles. The van der Waals surface area contributed by atoms with Crippen LogP contribution in [-0.2, 0) is 5.60 Å². The third kappa shape index (κ3) is 2.44. The van der Waals surface area contributed by atoms with Gasteiger partial charge in [-0.15, -0.1) is 0 Å². The lowest BCUT2D eigenvalue weighted by Gasteiger charge is -2.45. The van der Waals surface area contributed by atoms with Crippen molar-refractivity contribution in [2.45, 2.75) is 51.0 Å². The molecule has 0 spiro atoms. The van der Waals surface area contributed by atoms with Gasteiger partial charge in [0.05, 0.1) is 11.5 Å². The maximum absolute atomic E-state index is 11.2. The number of rotatable bonds is 3. The molecule has 1 aromatic carbocycles. The van der Waals surface area contributed by atoms with Crippen molar-refractivity contribution in [3.63, 3.8) is 0 Å². The fraction of sp³-hybridized carbons (Fsp3) is 0.562. The molecule has 1 saturated carbocycles. The normalized spacial score (nSPS) is 21.4. The van der Waals surface area contributed by atoms with Gasteiger partial charge >= 0.3 is 0 Å². The number of hydrogen-bond acceptors (Lipinski definition) is 2. The minimum absolute atomic E-state index is 0.566. The molecule has 1 fully saturated rings. The van der Waals surface area contributed by atoms with E-state index >= 15 is 0 Å². The highest BCUT2D eigenvalue weighted by molar-refractivity contribution is 9.10. The van der Waals surface area contributed by atoms with Gasteiger partial charge in [-0.2, -0.15) is 5.26 Å². The molecule has 3 heteroatoms. The minimum Gasteiger partial charge on any atom is -0.383 e. The lowest BCUT2D eigenvalue weighted by molar-refractivity contribution is -0.0822. The summed E-state index contributed by atoms with van der Waals surface area (Å²) in [4.78, 5) is 0. The molecule has 0 amide bonds. The Morgan fingerprint density at radius 2 is 2.05 bits per heavy atom. The van der Waals surface area contributed by atoms with E-state index in [1.54, 1.807) is 0 Å². The summed E-state index contributed by atoms with van der Waals surface area (Å²) in [5.41, 5.74) is -0.833. The van der Waals surface area contributed by atoms with Gasteiger partial charge in [-0.25, -0.2) is 0 Å². The fourth-order valence-electron chi connectivity index (χ4n) is 3.34. The number of nitrogens with zero attached hydrogens (tertiary/aromatic N) is 1. The largest absolute Gasteiger partial charge is 0.383 e. The molecular weight excluding hydrogens is 302 g/mol. The average Bonchev–Trinajstić information content (AvgIpc) is 2.47. The molecule has 0 heterocycles. The Morgan fingerprint density at radius 3 is 2.58 bits per heavy atom. The van der Waals surface area contributed by atoms with Gasteiger partial charge in [0.2, 0.25) is 0 Å². The Kier molecular flexibility index (Phi) is 4.32. The molecule has 1 atom stereocenters. The zero-order valence-corrected chi connectivity index (χ0v) is 12.9. The predicted octanol–water partition coefficient (Wildman–Crippen LogP) is 4.52. The first kappa shape index (κ1) is 14.6. The van der Waals surface area contributed by atoms with E-state index in [0.717, 1.165) is 35.7 Å². The van der Waals surface area contributed by atoms with E-state index in [9.17, 15) is 10.4 Å². The van der Waals surface area contributed by atoms with Crippen molar-refractivity contribution in [3.8, 4) is 6.07 Å². The molecule has 19 heavy (non-hydrogen) atoms. The summed E-state index contributed by atoms with van der Waals surface area (Å²) in [6.07, 6.45) is 5.38. The smallest absolute Gasteiger partial charge is 0.108 e. The summed E-state index contributed by atoms with van der Waals surface area (Å²) in [6.45, 7) is 1.97. The minimum atomic E-state index is -1.05. The molecule has 102 valence electrons. The molecule has 2 rings (SSSR count). The lowest BCUT2D eigenvalue weighted by atomic mass is 9.61. The topological polar surface area (TPSA) is 44.0 Å². The number of nitriles is 1. The SMILES string of the molecule is CCC(O)(c1cccc(Br)c1)C1(C#N)CCCCC1. The van der Waals surface area contributed by atoms with E-state index in [2.05, 4.69) is 22.0 Å². The summed E-state index contributed by atoms with van der Waals surface area (Å²) in [7, 11) is 0. The molecule has 0 radical (unpaired) electrons. The predicted molar refractivity (Wildman–Crippen MR) is 79.5 cm³/mol. The first-order valence-corrected chi connectivity index (χ1v) is 7.77.